The quantitative estimate of drug-likeness (QED) is 0.743. The number of fused-ring (bicyclic) bond motifs is 3. The van der Waals surface area contributed by atoms with Crippen LogP contribution in [0.1, 0.15) is 11.1 Å². The Labute approximate surface area is 121 Å². The van der Waals surface area contributed by atoms with Gasteiger partial charge in [0, 0.05) is 0 Å². The van der Waals surface area contributed by atoms with Crippen LogP contribution in [0.4, 0.5) is 0 Å². The zero-order valence-corrected chi connectivity index (χ0v) is 12.5. The van der Waals surface area contributed by atoms with Gasteiger partial charge in [0.05, 0.1) is 7.11 Å². The molecule has 19 heavy (non-hydrogen) atoms. The van der Waals surface area contributed by atoms with Crippen molar-refractivity contribution in [1.82, 2.24) is 4.90 Å². The highest BCUT2D eigenvalue weighted by Crippen LogP contribution is 2.56. The van der Waals surface area contributed by atoms with Crippen LogP contribution in [0.15, 0.2) is 35.1 Å². The van der Waals surface area contributed by atoms with Crippen molar-refractivity contribution in [3.8, 4) is 0 Å². The van der Waals surface area contributed by atoms with Gasteiger partial charge < -0.3 is 4.74 Å². The minimum Gasteiger partial charge on any atom is -0.468 e. The van der Waals surface area contributed by atoms with E-state index in [1.165, 1.54) is 18.2 Å². The van der Waals surface area contributed by atoms with E-state index >= 15 is 0 Å². The third-order valence-corrected chi connectivity index (χ3v) is 6.62. The number of esters is 1. The highest BCUT2D eigenvalue weighted by molar-refractivity contribution is 8.22. The molecule has 0 fully saturated rings. The number of benzene rings is 1. The van der Waals surface area contributed by atoms with Crippen LogP contribution in [-0.4, -0.2) is 31.1 Å². The second kappa shape index (κ2) is 4.89. The number of carbonyl (C=O) groups excluding carboxylic acids is 1. The molecular weight excluding hydrogens is 278 g/mol. The average Bonchev–Trinajstić information content (AvgIpc) is 2.91. The molecule has 2 bridgehead atoms. The topological polar surface area (TPSA) is 29.5 Å². The Balaban J connectivity index is 2.09. The van der Waals surface area contributed by atoms with Gasteiger partial charge in [-0.2, -0.15) is 0 Å². The first kappa shape index (κ1) is 13.1. The SMILES string of the molecule is COC(=O)C1Cc2cccc(c2)C2(SC=CS2)N1C. The summed E-state index contributed by atoms with van der Waals surface area (Å²) in [6, 6.07) is 8.23. The summed E-state index contributed by atoms with van der Waals surface area (Å²) in [7, 11) is 3.46. The molecule has 0 aliphatic carbocycles. The van der Waals surface area contributed by atoms with E-state index in [9.17, 15) is 4.79 Å². The van der Waals surface area contributed by atoms with Crippen molar-refractivity contribution in [1.29, 1.82) is 0 Å². The van der Waals surface area contributed by atoms with E-state index in [-0.39, 0.29) is 16.2 Å². The van der Waals surface area contributed by atoms with Gasteiger partial charge >= 0.3 is 5.97 Å². The van der Waals surface area contributed by atoms with Gasteiger partial charge in [0.25, 0.3) is 0 Å². The minimum absolute atomic E-state index is 0.169. The Morgan fingerprint density at radius 2 is 2.16 bits per heavy atom. The molecular formula is C14H15NO2S2. The van der Waals surface area contributed by atoms with Crippen molar-refractivity contribution in [2.24, 2.45) is 0 Å². The number of likely N-dealkylation sites (N-methyl/N-ethyl adjacent to an activating group) is 1. The summed E-state index contributed by atoms with van der Waals surface area (Å²) in [5.74, 6) is -0.169. The number of hydrogen-bond donors (Lipinski definition) is 0. The fourth-order valence-electron chi connectivity index (χ4n) is 2.61. The molecule has 0 amide bonds. The van der Waals surface area contributed by atoms with Crippen LogP contribution in [0.2, 0.25) is 0 Å². The number of nitrogens with zero attached hydrogens (tertiary/aromatic N) is 1. The van der Waals surface area contributed by atoms with E-state index in [4.69, 9.17) is 4.74 Å². The summed E-state index contributed by atoms with van der Waals surface area (Å²) in [4.78, 5) is 14.2. The minimum atomic E-state index is -0.246. The van der Waals surface area contributed by atoms with Gasteiger partial charge in [0.1, 0.15) is 10.2 Å². The first-order valence-electron chi connectivity index (χ1n) is 6.08. The van der Waals surface area contributed by atoms with Crippen LogP contribution in [0.25, 0.3) is 0 Å². The molecule has 1 unspecified atom stereocenters. The summed E-state index contributed by atoms with van der Waals surface area (Å²) in [5, 5.41) is 4.18. The van der Waals surface area contributed by atoms with E-state index in [2.05, 4.69) is 40.0 Å². The number of hydrogen-bond acceptors (Lipinski definition) is 5. The Morgan fingerprint density at radius 1 is 1.42 bits per heavy atom. The van der Waals surface area contributed by atoms with Gasteiger partial charge in [-0.25, -0.2) is 0 Å². The lowest BCUT2D eigenvalue weighted by Gasteiger charge is -2.39. The van der Waals surface area contributed by atoms with Gasteiger partial charge in [0.2, 0.25) is 0 Å². The highest BCUT2D eigenvalue weighted by atomic mass is 32.2. The van der Waals surface area contributed by atoms with E-state index in [1.807, 2.05) is 7.05 Å². The molecule has 2 aliphatic heterocycles. The largest absolute Gasteiger partial charge is 0.468 e. The van der Waals surface area contributed by atoms with E-state index in [0.717, 1.165) is 0 Å². The second-order valence-electron chi connectivity index (χ2n) is 4.64. The van der Waals surface area contributed by atoms with Gasteiger partial charge in [-0.05, 0) is 35.4 Å². The number of rotatable bonds is 1. The van der Waals surface area contributed by atoms with Crippen molar-refractivity contribution in [2.75, 3.05) is 14.2 Å². The molecule has 1 aromatic rings. The maximum Gasteiger partial charge on any atom is 0.323 e. The molecule has 100 valence electrons. The van der Waals surface area contributed by atoms with Crippen molar-refractivity contribution in [3.63, 3.8) is 0 Å². The van der Waals surface area contributed by atoms with Crippen LogP contribution in [0.5, 0.6) is 0 Å². The summed E-state index contributed by atoms with van der Waals surface area (Å²) < 4.78 is 4.73. The molecule has 2 heterocycles. The maximum atomic E-state index is 12.1. The molecule has 1 atom stereocenters. The number of carbonyl (C=O) groups is 1. The molecule has 0 radical (unpaired) electrons. The van der Waals surface area contributed by atoms with Gasteiger partial charge in [-0.15, -0.1) is 0 Å². The fourth-order valence-corrected chi connectivity index (χ4v) is 5.09. The lowest BCUT2D eigenvalue weighted by atomic mass is 10.1. The molecule has 3 nitrogen and oxygen atoms in total. The molecule has 0 saturated carbocycles. The Bertz CT molecular complexity index is 536. The molecule has 0 aromatic heterocycles. The van der Waals surface area contributed by atoms with Crippen molar-refractivity contribution < 1.29 is 9.53 Å². The lowest BCUT2D eigenvalue weighted by molar-refractivity contribution is -0.146. The number of ether oxygens (including phenoxy) is 1. The van der Waals surface area contributed by atoms with E-state index in [0.29, 0.717) is 6.42 Å². The summed E-state index contributed by atoms with van der Waals surface area (Å²) >= 11 is 3.48. The highest BCUT2D eigenvalue weighted by Gasteiger charge is 2.46. The van der Waals surface area contributed by atoms with E-state index < -0.39 is 0 Å². The van der Waals surface area contributed by atoms with Crippen molar-refractivity contribution in [2.45, 2.75) is 16.7 Å². The smallest absolute Gasteiger partial charge is 0.323 e. The van der Waals surface area contributed by atoms with Crippen molar-refractivity contribution in [3.05, 3.63) is 46.2 Å². The zero-order chi connectivity index (χ0) is 13.5. The summed E-state index contributed by atoms with van der Waals surface area (Å²) in [6.07, 6.45) is 0.694. The predicted molar refractivity (Wildman–Crippen MR) is 79.7 cm³/mol. The van der Waals surface area contributed by atoms with Crippen LogP contribution < -0.4 is 0 Å². The van der Waals surface area contributed by atoms with Crippen LogP contribution in [0, 0.1) is 0 Å². The summed E-state index contributed by atoms with van der Waals surface area (Å²) in [5.41, 5.74) is 2.42. The molecule has 1 spiro atoms. The van der Waals surface area contributed by atoms with Gasteiger partial charge in [-0.3, -0.25) is 9.69 Å². The van der Waals surface area contributed by atoms with E-state index in [1.54, 1.807) is 23.5 Å². The average molecular weight is 293 g/mol. The first-order valence-corrected chi connectivity index (χ1v) is 7.84. The second-order valence-corrected chi connectivity index (χ2v) is 7.10. The lowest BCUT2D eigenvalue weighted by Crippen LogP contribution is -2.48. The fraction of sp³-hybridized carbons (Fsp3) is 0.357. The Kier molecular flexibility index (Phi) is 3.37. The molecule has 0 N–H and O–H groups in total. The van der Waals surface area contributed by atoms with Gasteiger partial charge in [0.15, 0.2) is 0 Å². The number of thioether (sulfide) groups is 2. The number of methoxy groups -OCH3 is 1. The van der Waals surface area contributed by atoms with Gasteiger partial charge in [-0.1, -0.05) is 47.8 Å². The molecule has 1 aromatic carbocycles. The summed E-state index contributed by atoms with van der Waals surface area (Å²) in [6.45, 7) is 0. The molecule has 5 heteroatoms. The standard InChI is InChI=1S/C14H15NO2S2/c1-15-12(13(16)17-2)9-10-4-3-5-11(8-10)14(15)18-6-7-19-14/h3-8,12H,9H2,1-2H3. The predicted octanol–water partition coefficient (Wildman–Crippen LogP) is 2.78. The van der Waals surface area contributed by atoms with Crippen LogP contribution in [-0.2, 0) is 20.2 Å². The van der Waals surface area contributed by atoms with Crippen LogP contribution >= 0.6 is 23.5 Å². The van der Waals surface area contributed by atoms with Crippen molar-refractivity contribution >= 4 is 29.5 Å². The Hall–Kier alpha value is -0.910. The maximum absolute atomic E-state index is 12.1. The third kappa shape index (κ3) is 2.00. The third-order valence-electron chi connectivity index (χ3n) is 3.64. The molecule has 2 aliphatic rings. The Morgan fingerprint density at radius 3 is 2.84 bits per heavy atom. The molecule has 3 rings (SSSR count). The zero-order valence-electron chi connectivity index (χ0n) is 10.8. The molecule has 0 saturated heterocycles. The van der Waals surface area contributed by atoms with Crippen LogP contribution in [0.3, 0.4) is 0 Å². The normalized spacial score (nSPS) is 24.4. The monoisotopic (exact) mass is 293 g/mol. The first-order chi connectivity index (χ1) is 9.17.